The SMILES string of the molecule is COCC(N)C(=O)C1CCOC2(CCCC2)C1. The van der Waals surface area contributed by atoms with E-state index in [1.807, 2.05) is 0 Å². The average Bonchev–Trinajstić information content (AvgIpc) is 2.76. The highest BCUT2D eigenvalue weighted by Gasteiger charge is 2.42. The van der Waals surface area contributed by atoms with Crippen molar-refractivity contribution in [1.29, 1.82) is 0 Å². The van der Waals surface area contributed by atoms with Gasteiger partial charge in [-0.3, -0.25) is 4.79 Å². The first-order valence-corrected chi connectivity index (χ1v) is 6.59. The van der Waals surface area contributed by atoms with E-state index in [2.05, 4.69) is 0 Å². The molecule has 17 heavy (non-hydrogen) atoms. The number of ketones is 1. The summed E-state index contributed by atoms with van der Waals surface area (Å²) in [5.74, 6) is 0.230. The van der Waals surface area contributed by atoms with Gasteiger partial charge in [0.25, 0.3) is 0 Å². The Kier molecular flexibility index (Phi) is 4.17. The zero-order valence-electron chi connectivity index (χ0n) is 10.6. The summed E-state index contributed by atoms with van der Waals surface area (Å²) in [5.41, 5.74) is 5.82. The van der Waals surface area contributed by atoms with Crippen LogP contribution in [0.2, 0.25) is 0 Å². The zero-order chi connectivity index (χ0) is 12.3. The predicted octanol–water partition coefficient (Wildman–Crippen LogP) is 1.27. The largest absolute Gasteiger partial charge is 0.383 e. The van der Waals surface area contributed by atoms with Crippen LogP contribution in [-0.4, -0.2) is 37.7 Å². The Morgan fingerprint density at radius 1 is 1.53 bits per heavy atom. The van der Waals surface area contributed by atoms with Crippen molar-refractivity contribution in [3.63, 3.8) is 0 Å². The normalized spacial score (nSPS) is 29.4. The molecule has 2 aliphatic rings. The van der Waals surface area contributed by atoms with Crippen LogP contribution >= 0.6 is 0 Å². The van der Waals surface area contributed by atoms with Gasteiger partial charge in [0.15, 0.2) is 5.78 Å². The molecule has 4 nitrogen and oxygen atoms in total. The lowest BCUT2D eigenvalue weighted by Crippen LogP contribution is -2.46. The van der Waals surface area contributed by atoms with Gasteiger partial charge in [-0.15, -0.1) is 0 Å². The minimum absolute atomic E-state index is 0.00856. The summed E-state index contributed by atoms with van der Waals surface area (Å²) < 4.78 is 10.9. The van der Waals surface area contributed by atoms with Crippen molar-refractivity contribution in [2.75, 3.05) is 20.3 Å². The van der Waals surface area contributed by atoms with Crippen LogP contribution in [0.25, 0.3) is 0 Å². The van der Waals surface area contributed by atoms with Crippen LogP contribution in [0.5, 0.6) is 0 Å². The Morgan fingerprint density at radius 3 is 2.88 bits per heavy atom. The van der Waals surface area contributed by atoms with Crippen LogP contribution in [-0.2, 0) is 14.3 Å². The highest BCUT2D eigenvalue weighted by molar-refractivity contribution is 5.86. The van der Waals surface area contributed by atoms with Crippen LogP contribution in [0, 0.1) is 5.92 Å². The molecule has 1 saturated carbocycles. The molecule has 0 aromatic carbocycles. The van der Waals surface area contributed by atoms with E-state index in [9.17, 15) is 4.79 Å². The van der Waals surface area contributed by atoms with E-state index in [1.54, 1.807) is 7.11 Å². The van der Waals surface area contributed by atoms with Crippen LogP contribution < -0.4 is 5.73 Å². The number of ether oxygens (including phenoxy) is 2. The first-order chi connectivity index (χ1) is 8.17. The topological polar surface area (TPSA) is 61.5 Å². The van der Waals surface area contributed by atoms with Gasteiger partial charge in [-0.25, -0.2) is 0 Å². The van der Waals surface area contributed by atoms with Crippen molar-refractivity contribution in [1.82, 2.24) is 0 Å². The first kappa shape index (κ1) is 13.0. The van der Waals surface area contributed by atoms with Crippen molar-refractivity contribution in [2.45, 2.75) is 50.2 Å². The maximum Gasteiger partial charge on any atom is 0.155 e. The monoisotopic (exact) mass is 241 g/mol. The third kappa shape index (κ3) is 2.87. The molecule has 2 fully saturated rings. The second-order valence-corrected chi connectivity index (χ2v) is 5.39. The summed E-state index contributed by atoms with van der Waals surface area (Å²) in [7, 11) is 1.58. The maximum absolute atomic E-state index is 12.2. The van der Waals surface area contributed by atoms with E-state index < -0.39 is 6.04 Å². The molecule has 2 rings (SSSR count). The third-order valence-corrected chi connectivity index (χ3v) is 4.12. The van der Waals surface area contributed by atoms with Gasteiger partial charge in [-0.05, 0) is 25.7 Å². The molecule has 98 valence electrons. The second kappa shape index (κ2) is 5.46. The fourth-order valence-corrected chi connectivity index (χ4v) is 3.20. The van der Waals surface area contributed by atoms with Gasteiger partial charge in [0, 0.05) is 19.6 Å². The fourth-order valence-electron chi connectivity index (χ4n) is 3.20. The molecule has 2 atom stereocenters. The van der Waals surface area contributed by atoms with Gasteiger partial charge in [0.05, 0.1) is 18.2 Å². The summed E-state index contributed by atoms with van der Waals surface area (Å²) in [5, 5.41) is 0. The highest BCUT2D eigenvalue weighted by Crippen LogP contribution is 2.42. The van der Waals surface area contributed by atoms with E-state index in [0.29, 0.717) is 13.2 Å². The van der Waals surface area contributed by atoms with E-state index in [0.717, 1.165) is 25.7 Å². The Balaban J connectivity index is 1.94. The second-order valence-electron chi connectivity index (χ2n) is 5.39. The molecule has 1 spiro atoms. The Bertz CT molecular complexity index is 274. The molecule has 4 heteroatoms. The summed E-state index contributed by atoms with van der Waals surface area (Å²) >= 11 is 0. The van der Waals surface area contributed by atoms with Gasteiger partial charge in [0.1, 0.15) is 0 Å². The molecule has 1 heterocycles. The van der Waals surface area contributed by atoms with Gasteiger partial charge in [-0.2, -0.15) is 0 Å². The summed E-state index contributed by atoms with van der Waals surface area (Å²) in [6, 6.07) is -0.471. The van der Waals surface area contributed by atoms with Gasteiger partial charge < -0.3 is 15.2 Å². The quantitative estimate of drug-likeness (QED) is 0.805. The predicted molar refractivity (Wildman–Crippen MR) is 64.7 cm³/mol. The molecular weight excluding hydrogens is 218 g/mol. The van der Waals surface area contributed by atoms with Crippen LogP contribution in [0.15, 0.2) is 0 Å². The lowest BCUT2D eigenvalue weighted by atomic mass is 9.81. The first-order valence-electron chi connectivity index (χ1n) is 6.59. The van der Waals surface area contributed by atoms with Crippen molar-refractivity contribution in [3.8, 4) is 0 Å². The van der Waals surface area contributed by atoms with Gasteiger partial charge in [-0.1, -0.05) is 12.8 Å². The minimum Gasteiger partial charge on any atom is -0.383 e. The molecule has 1 aliphatic carbocycles. The molecule has 2 N–H and O–H groups in total. The molecule has 0 aromatic rings. The Hall–Kier alpha value is -0.450. The van der Waals surface area contributed by atoms with Crippen molar-refractivity contribution in [2.24, 2.45) is 11.7 Å². The summed E-state index contributed by atoms with van der Waals surface area (Å²) in [6.45, 7) is 1.03. The number of nitrogens with two attached hydrogens (primary N) is 1. The van der Waals surface area contributed by atoms with Crippen LogP contribution in [0.3, 0.4) is 0 Å². The van der Waals surface area contributed by atoms with Crippen LogP contribution in [0.1, 0.15) is 38.5 Å². The molecule has 0 radical (unpaired) electrons. The van der Waals surface area contributed by atoms with Crippen molar-refractivity contribution in [3.05, 3.63) is 0 Å². The highest BCUT2D eigenvalue weighted by atomic mass is 16.5. The fraction of sp³-hybridized carbons (Fsp3) is 0.923. The number of methoxy groups -OCH3 is 1. The molecule has 0 amide bonds. The smallest absolute Gasteiger partial charge is 0.155 e. The molecule has 2 unspecified atom stereocenters. The molecule has 0 bridgehead atoms. The van der Waals surface area contributed by atoms with E-state index in [1.165, 1.54) is 12.8 Å². The number of hydrogen-bond donors (Lipinski definition) is 1. The Labute approximate surface area is 103 Å². The number of carbonyl (C=O) groups is 1. The maximum atomic E-state index is 12.2. The zero-order valence-corrected chi connectivity index (χ0v) is 10.6. The number of rotatable bonds is 4. The Morgan fingerprint density at radius 2 is 2.24 bits per heavy atom. The average molecular weight is 241 g/mol. The van der Waals surface area contributed by atoms with E-state index in [-0.39, 0.29) is 17.3 Å². The lowest BCUT2D eigenvalue weighted by Gasteiger charge is -2.38. The van der Waals surface area contributed by atoms with Crippen molar-refractivity contribution >= 4 is 5.78 Å². The van der Waals surface area contributed by atoms with Crippen molar-refractivity contribution < 1.29 is 14.3 Å². The number of carbonyl (C=O) groups excluding carboxylic acids is 1. The molecule has 1 aliphatic heterocycles. The third-order valence-electron chi connectivity index (χ3n) is 4.12. The van der Waals surface area contributed by atoms with Crippen LogP contribution in [0.4, 0.5) is 0 Å². The molecular formula is C13H23NO3. The van der Waals surface area contributed by atoms with E-state index >= 15 is 0 Å². The molecule has 0 aromatic heterocycles. The molecule has 1 saturated heterocycles. The number of Topliss-reactive ketones (excluding diaryl/α,β-unsaturated/α-hetero) is 1. The summed E-state index contributed by atoms with van der Waals surface area (Å²) in [4.78, 5) is 12.2. The minimum atomic E-state index is -0.471. The lowest BCUT2D eigenvalue weighted by molar-refractivity contribution is -0.138. The van der Waals surface area contributed by atoms with Gasteiger partial charge in [0.2, 0.25) is 0 Å². The van der Waals surface area contributed by atoms with E-state index in [4.69, 9.17) is 15.2 Å². The van der Waals surface area contributed by atoms with Gasteiger partial charge >= 0.3 is 0 Å². The standard InChI is InChI=1S/C13H23NO3/c1-16-9-11(14)12(15)10-4-7-17-13(8-10)5-2-3-6-13/h10-11H,2-9,14H2,1H3. The summed E-state index contributed by atoms with van der Waals surface area (Å²) in [6.07, 6.45) is 6.35. The number of hydrogen-bond acceptors (Lipinski definition) is 4.